The third-order valence-electron chi connectivity index (χ3n) is 4.12. The molecule has 0 N–H and O–H groups in total. The molecule has 0 fully saturated rings. The van der Waals surface area contributed by atoms with Gasteiger partial charge in [-0.2, -0.15) is 0 Å². The van der Waals surface area contributed by atoms with Crippen LogP contribution >= 0.6 is 15.9 Å². The summed E-state index contributed by atoms with van der Waals surface area (Å²) in [6.07, 6.45) is 0. The molecule has 26 heavy (non-hydrogen) atoms. The zero-order valence-electron chi connectivity index (χ0n) is 15.1. The SMILES string of the molecule is CC(C)(C)c1ccc(OC(=O)COc2cccc3ccccc23)c(Br)c1. The molecule has 0 spiro atoms. The van der Waals surface area contributed by atoms with Gasteiger partial charge in [-0.15, -0.1) is 0 Å². The van der Waals surface area contributed by atoms with Crippen LogP contribution in [0.5, 0.6) is 11.5 Å². The predicted molar refractivity (Wildman–Crippen MR) is 108 cm³/mol. The van der Waals surface area contributed by atoms with Crippen LogP contribution in [0.2, 0.25) is 0 Å². The van der Waals surface area contributed by atoms with Gasteiger partial charge in [-0.25, -0.2) is 4.79 Å². The minimum Gasteiger partial charge on any atom is -0.481 e. The number of fused-ring (bicyclic) bond motifs is 1. The number of rotatable bonds is 4. The summed E-state index contributed by atoms with van der Waals surface area (Å²) in [7, 11) is 0. The maximum Gasteiger partial charge on any atom is 0.349 e. The highest BCUT2D eigenvalue weighted by Gasteiger charge is 2.16. The molecule has 0 radical (unpaired) electrons. The van der Waals surface area contributed by atoms with Crippen LogP contribution < -0.4 is 9.47 Å². The van der Waals surface area contributed by atoms with Crippen molar-refractivity contribution in [1.82, 2.24) is 0 Å². The molecule has 0 unspecified atom stereocenters. The van der Waals surface area contributed by atoms with Crippen LogP contribution in [0.1, 0.15) is 26.3 Å². The molecule has 0 aliphatic carbocycles. The predicted octanol–water partition coefficient (Wildman–Crippen LogP) is 5.88. The van der Waals surface area contributed by atoms with Gasteiger partial charge in [-0.3, -0.25) is 0 Å². The number of esters is 1. The first-order chi connectivity index (χ1) is 12.3. The second kappa shape index (κ2) is 7.50. The summed E-state index contributed by atoms with van der Waals surface area (Å²) in [5, 5.41) is 2.04. The van der Waals surface area contributed by atoms with Gasteiger partial charge >= 0.3 is 5.97 Å². The first-order valence-corrected chi connectivity index (χ1v) is 9.25. The molecule has 134 valence electrons. The van der Waals surface area contributed by atoms with Gasteiger partial charge in [-0.05, 0) is 50.5 Å². The van der Waals surface area contributed by atoms with E-state index in [4.69, 9.17) is 9.47 Å². The van der Waals surface area contributed by atoms with E-state index in [-0.39, 0.29) is 12.0 Å². The molecule has 4 heteroatoms. The minimum atomic E-state index is -0.442. The Morgan fingerprint density at radius 3 is 2.42 bits per heavy atom. The van der Waals surface area contributed by atoms with Crippen molar-refractivity contribution in [2.24, 2.45) is 0 Å². The van der Waals surface area contributed by atoms with Gasteiger partial charge in [0.2, 0.25) is 0 Å². The molecule has 0 atom stereocenters. The Morgan fingerprint density at radius 1 is 0.962 bits per heavy atom. The maximum atomic E-state index is 12.2. The molecule has 0 saturated heterocycles. The topological polar surface area (TPSA) is 35.5 Å². The third-order valence-corrected chi connectivity index (χ3v) is 4.74. The van der Waals surface area contributed by atoms with Crippen molar-refractivity contribution < 1.29 is 14.3 Å². The van der Waals surface area contributed by atoms with E-state index in [1.165, 1.54) is 0 Å². The molecular formula is C22H21BrO3. The fraction of sp³-hybridized carbons (Fsp3) is 0.227. The maximum absolute atomic E-state index is 12.2. The molecule has 0 heterocycles. The van der Waals surface area contributed by atoms with Crippen molar-refractivity contribution in [3.05, 3.63) is 70.7 Å². The molecule has 0 aliphatic rings. The minimum absolute atomic E-state index is 0.0303. The lowest BCUT2D eigenvalue weighted by Gasteiger charge is -2.20. The van der Waals surface area contributed by atoms with Crippen molar-refractivity contribution in [2.75, 3.05) is 6.61 Å². The van der Waals surface area contributed by atoms with Crippen LogP contribution in [-0.4, -0.2) is 12.6 Å². The molecule has 0 saturated carbocycles. The van der Waals surface area contributed by atoms with Crippen LogP contribution in [0.4, 0.5) is 0 Å². The van der Waals surface area contributed by atoms with Gasteiger partial charge < -0.3 is 9.47 Å². The Morgan fingerprint density at radius 2 is 1.69 bits per heavy atom. The Kier molecular flexibility index (Phi) is 5.33. The summed E-state index contributed by atoms with van der Waals surface area (Å²) in [4.78, 5) is 12.2. The quantitative estimate of drug-likeness (QED) is 0.396. The standard InChI is InChI=1S/C22H21BrO3/c1-22(2,3)16-11-12-20(18(23)13-16)26-21(24)14-25-19-10-6-8-15-7-4-5-9-17(15)19/h4-13H,14H2,1-3H3. The summed E-state index contributed by atoms with van der Waals surface area (Å²) in [5.74, 6) is 0.717. The van der Waals surface area contributed by atoms with Gasteiger partial charge in [0.15, 0.2) is 6.61 Å². The van der Waals surface area contributed by atoms with Crippen molar-refractivity contribution in [1.29, 1.82) is 0 Å². The Balaban J connectivity index is 1.68. The highest BCUT2D eigenvalue weighted by Crippen LogP contribution is 2.31. The van der Waals surface area contributed by atoms with Crippen molar-refractivity contribution in [2.45, 2.75) is 26.2 Å². The average Bonchev–Trinajstić information content (AvgIpc) is 2.60. The number of benzene rings is 3. The third kappa shape index (κ3) is 4.25. The Hall–Kier alpha value is -2.33. The average molecular weight is 413 g/mol. The molecule has 0 bridgehead atoms. The lowest BCUT2D eigenvalue weighted by molar-refractivity contribution is -0.136. The van der Waals surface area contributed by atoms with Crippen molar-refractivity contribution >= 4 is 32.7 Å². The summed E-state index contributed by atoms with van der Waals surface area (Å²) in [6, 6.07) is 19.4. The van der Waals surface area contributed by atoms with E-state index < -0.39 is 5.97 Å². The highest BCUT2D eigenvalue weighted by molar-refractivity contribution is 9.10. The first-order valence-electron chi connectivity index (χ1n) is 8.46. The van der Waals surface area contributed by atoms with Crippen LogP contribution in [0.25, 0.3) is 10.8 Å². The zero-order chi connectivity index (χ0) is 18.7. The van der Waals surface area contributed by atoms with Crippen LogP contribution in [-0.2, 0) is 10.2 Å². The van der Waals surface area contributed by atoms with E-state index in [0.717, 1.165) is 20.8 Å². The molecule has 3 aromatic carbocycles. The lowest BCUT2D eigenvalue weighted by Crippen LogP contribution is -2.18. The van der Waals surface area contributed by atoms with Crippen LogP contribution in [0.3, 0.4) is 0 Å². The number of halogens is 1. The first kappa shape index (κ1) is 18.5. The van der Waals surface area contributed by atoms with Gasteiger partial charge in [0.05, 0.1) is 4.47 Å². The van der Waals surface area contributed by atoms with E-state index in [1.807, 2.05) is 54.6 Å². The lowest BCUT2D eigenvalue weighted by atomic mass is 9.87. The smallest absolute Gasteiger partial charge is 0.349 e. The zero-order valence-corrected chi connectivity index (χ0v) is 16.7. The second-order valence-corrected chi connectivity index (χ2v) is 7.99. The van der Waals surface area contributed by atoms with Gasteiger partial charge in [0.1, 0.15) is 11.5 Å². The molecular weight excluding hydrogens is 392 g/mol. The van der Waals surface area contributed by atoms with E-state index in [0.29, 0.717) is 11.5 Å². The summed E-state index contributed by atoms with van der Waals surface area (Å²) >= 11 is 3.48. The molecule has 3 aromatic rings. The molecule has 0 aromatic heterocycles. The van der Waals surface area contributed by atoms with Crippen LogP contribution in [0, 0.1) is 0 Å². The van der Waals surface area contributed by atoms with Crippen molar-refractivity contribution in [3.8, 4) is 11.5 Å². The van der Waals surface area contributed by atoms with E-state index in [1.54, 1.807) is 6.07 Å². The number of ether oxygens (including phenoxy) is 2. The number of hydrogen-bond acceptors (Lipinski definition) is 3. The van der Waals surface area contributed by atoms with Crippen LogP contribution in [0.15, 0.2) is 65.1 Å². The van der Waals surface area contributed by atoms with Gasteiger partial charge in [0.25, 0.3) is 0 Å². The fourth-order valence-electron chi connectivity index (χ4n) is 2.66. The van der Waals surface area contributed by atoms with Crippen molar-refractivity contribution in [3.63, 3.8) is 0 Å². The Labute approximate surface area is 162 Å². The summed E-state index contributed by atoms with van der Waals surface area (Å²) in [5.41, 5.74) is 1.19. The Bertz CT molecular complexity index is 936. The summed E-state index contributed by atoms with van der Waals surface area (Å²) < 4.78 is 11.9. The second-order valence-electron chi connectivity index (χ2n) is 7.14. The van der Waals surface area contributed by atoms with Gasteiger partial charge in [-0.1, -0.05) is 63.2 Å². The fourth-order valence-corrected chi connectivity index (χ4v) is 3.12. The monoisotopic (exact) mass is 412 g/mol. The molecule has 0 amide bonds. The molecule has 3 rings (SSSR count). The number of carbonyl (C=O) groups is 1. The highest BCUT2D eigenvalue weighted by atomic mass is 79.9. The van der Waals surface area contributed by atoms with Gasteiger partial charge in [0, 0.05) is 5.39 Å². The number of carbonyl (C=O) groups excluding carboxylic acids is 1. The largest absolute Gasteiger partial charge is 0.481 e. The number of hydrogen-bond donors (Lipinski definition) is 0. The van der Waals surface area contributed by atoms with E-state index >= 15 is 0 Å². The molecule has 3 nitrogen and oxygen atoms in total. The van der Waals surface area contributed by atoms with E-state index in [2.05, 4.69) is 36.7 Å². The molecule has 0 aliphatic heterocycles. The summed E-state index contributed by atoms with van der Waals surface area (Å²) in [6.45, 7) is 6.26. The van der Waals surface area contributed by atoms with E-state index in [9.17, 15) is 4.79 Å². The normalized spacial score (nSPS) is 11.4.